The monoisotopic (exact) mass is 263 g/mol. The van der Waals surface area contributed by atoms with Gasteiger partial charge >= 0.3 is 0 Å². The SMILES string of the molecule is Cc1cc2c(N[C@H]3CCCC[C@@H]3O)ncnc2s1. The van der Waals surface area contributed by atoms with Crippen molar-refractivity contribution < 1.29 is 5.11 Å². The van der Waals surface area contributed by atoms with Crippen molar-refractivity contribution in [2.24, 2.45) is 0 Å². The van der Waals surface area contributed by atoms with Crippen molar-refractivity contribution in [1.29, 1.82) is 0 Å². The van der Waals surface area contributed by atoms with Gasteiger partial charge in [-0.15, -0.1) is 11.3 Å². The second-order valence-corrected chi connectivity index (χ2v) is 6.14. The van der Waals surface area contributed by atoms with Gasteiger partial charge < -0.3 is 10.4 Å². The zero-order valence-electron chi connectivity index (χ0n) is 10.4. The van der Waals surface area contributed by atoms with Crippen molar-refractivity contribution in [3.8, 4) is 0 Å². The Labute approximate surface area is 110 Å². The van der Waals surface area contributed by atoms with Gasteiger partial charge in [0.15, 0.2) is 0 Å². The Hall–Kier alpha value is -1.20. The standard InChI is InChI=1S/C13H17N3OS/c1-8-6-9-12(14-7-15-13(9)18-8)16-10-4-2-3-5-11(10)17/h6-7,10-11,17H,2-5H2,1H3,(H,14,15,16)/t10-,11-/m0/s1. The van der Waals surface area contributed by atoms with Crippen LogP contribution in [0.1, 0.15) is 30.6 Å². The van der Waals surface area contributed by atoms with E-state index in [0.717, 1.165) is 35.3 Å². The summed E-state index contributed by atoms with van der Waals surface area (Å²) in [6.45, 7) is 2.07. The first-order chi connectivity index (χ1) is 8.74. The van der Waals surface area contributed by atoms with Crippen molar-refractivity contribution in [1.82, 2.24) is 9.97 Å². The minimum atomic E-state index is -0.261. The van der Waals surface area contributed by atoms with Crippen LogP contribution in [0.15, 0.2) is 12.4 Å². The molecule has 1 aliphatic carbocycles. The van der Waals surface area contributed by atoms with Crippen molar-refractivity contribution in [2.45, 2.75) is 44.8 Å². The summed E-state index contributed by atoms with van der Waals surface area (Å²) in [5.41, 5.74) is 0. The van der Waals surface area contributed by atoms with Crippen LogP contribution >= 0.6 is 11.3 Å². The van der Waals surface area contributed by atoms with Gasteiger partial charge in [-0.1, -0.05) is 12.8 Å². The summed E-state index contributed by atoms with van der Waals surface area (Å²) in [6.07, 6.45) is 5.52. The number of nitrogens with zero attached hydrogens (tertiary/aromatic N) is 2. The molecule has 4 nitrogen and oxygen atoms in total. The highest BCUT2D eigenvalue weighted by Gasteiger charge is 2.23. The summed E-state index contributed by atoms with van der Waals surface area (Å²) in [6, 6.07) is 2.23. The van der Waals surface area contributed by atoms with E-state index >= 15 is 0 Å². The number of thiophene rings is 1. The first kappa shape index (κ1) is 11.9. The van der Waals surface area contributed by atoms with Gasteiger partial charge in [0.05, 0.1) is 17.5 Å². The second kappa shape index (κ2) is 4.82. The number of aryl methyl sites for hydroxylation is 1. The van der Waals surface area contributed by atoms with Crippen LogP contribution in [-0.2, 0) is 0 Å². The lowest BCUT2D eigenvalue weighted by atomic mass is 9.92. The van der Waals surface area contributed by atoms with Crippen LogP contribution in [0.5, 0.6) is 0 Å². The summed E-state index contributed by atoms with van der Waals surface area (Å²) in [7, 11) is 0. The number of hydrogen-bond donors (Lipinski definition) is 2. The Morgan fingerprint density at radius 1 is 1.33 bits per heavy atom. The maximum atomic E-state index is 10.0. The van der Waals surface area contributed by atoms with Gasteiger partial charge in [0.25, 0.3) is 0 Å². The van der Waals surface area contributed by atoms with Crippen molar-refractivity contribution in [3.05, 3.63) is 17.3 Å². The number of aliphatic hydroxyl groups excluding tert-OH is 1. The predicted molar refractivity (Wildman–Crippen MR) is 74.0 cm³/mol. The average molecular weight is 263 g/mol. The molecular weight excluding hydrogens is 246 g/mol. The molecule has 0 aliphatic heterocycles. The molecule has 0 amide bonds. The maximum absolute atomic E-state index is 10.0. The normalized spacial score (nSPS) is 24.3. The maximum Gasteiger partial charge on any atom is 0.138 e. The van der Waals surface area contributed by atoms with E-state index in [9.17, 15) is 5.11 Å². The number of hydrogen-bond acceptors (Lipinski definition) is 5. The third-order valence-corrected chi connectivity index (χ3v) is 4.46. The van der Waals surface area contributed by atoms with E-state index in [1.54, 1.807) is 17.7 Å². The molecule has 96 valence electrons. The molecule has 0 unspecified atom stereocenters. The Balaban J connectivity index is 1.89. The topological polar surface area (TPSA) is 58.0 Å². The zero-order chi connectivity index (χ0) is 12.5. The molecule has 0 radical (unpaired) electrons. The first-order valence-electron chi connectivity index (χ1n) is 6.40. The highest BCUT2D eigenvalue weighted by atomic mass is 32.1. The van der Waals surface area contributed by atoms with E-state index in [1.807, 2.05) is 0 Å². The summed E-state index contributed by atoms with van der Waals surface area (Å²) in [5.74, 6) is 0.857. The molecule has 1 fully saturated rings. The molecule has 18 heavy (non-hydrogen) atoms. The molecule has 2 atom stereocenters. The summed E-state index contributed by atoms with van der Waals surface area (Å²) < 4.78 is 0. The van der Waals surface area contributed by atoms with E-state index in [0.29, 0.717) is 0 Å². The number of nitrogens with one attached hydrogen (secondary N) is 1. The van der Waals surface area contributed by atoms with Gasteiger partial charge in [-0.05, 0) is 25.8 Å². The van der Waals surface area contributed by atoms with Crippen LogP contribution in [0.25, 0.3) is 10.2 Å². The molecule has 0 saturated heterocycles. The minimum Gasteiger partial charge on any atom is -0.391 e. The molecule has 2 aromatic heterocycles. The summed E-state index contributed by atoms with van der Waals surface area (Å²) in [5, 5.41) is 14.5. The molecule has 2 heterocycles. The van der Waals surface area contributed by atoms with Crippen LogP contribution in [0.2, 0.25) is 0 Å². The molecule has 0 aromatic carbocycles. The minimum absolute atomic E-state index is 0.122. The van der Waals surface area contributed by atoms with Gasteiger partial charge in [-0.25, -0.2) is 9.97 Å². The van der Waals surface area contributed by atoms with Crippen molar-refractivity contribution in [2.75, 3.05) is 5.32 Å². The fourth-order valence-electron chi connectivity index (χ4n) is 2.55. The summed E-state index contributed by atoms with van der Waals surface area (Å²) in [4.78, 5) is 10.8. The number of aromatic nitrogens is 2. The fraction of sp³-hybridized carbons (Fsp3) is 0.538. The lowest BCUT2D eigenvalue weighted by molar-refractivity contribution is 0.116. The number of aliphatic hydroxyl groups is 1. The average Bonchev–Trinajstić information content (AvgIpc) is 2.73. The largest absolute Gasteiger partial charge is 0.391 e. The summed E-state index contributed by atoms with van der Waals surface area (Å²) >= 11 is 1.68. The Bertz CT molecular complexity index is 554. The van der Waals surface area contributed by atoms with E-state index in [-0.39, 0.29) is 12.1 Å². The van der Waals surface area contributed by atoms with E-state index in [2.05, 4.69) is 28.3 Å². The highest BCUT2D eigenvalue weighted by molar-refractivity contribution is 7.18. The van der Waals surface area contributed by atoms with Gasteiger partial charge in [-0.2, -0.15) is 0 Å². The highest BCUT2D eigenvalue weighted by Crippen LogP contribution is 2.29. The second-order valence-electron chi connectivity index (χ2n) is 4.90. The lowest BCUT2D eigenvalue weighted by Crippen LogP contribution is -2.36. The Morgan fingerprint density at radius 2 is 2.17 bits per heavy atom. The molecular formula is C13H17N3OS. The molecule has 0 bridgehead atoms. The van der Waals surface area contributed by atoms with Crippen LogP contribution in [0.4, 0.5) is 5.82 Å². The quantitative estimate of drug-likeness (QED) is 0.874. The third kappa shape index (κ3) is 2.20. The van der Waals surface area contributed by atoms with Gasteiger partial charge in [-0.3, -0.25) is 0 Å². The van der Waals surface area contributed by atoms with E-state index < -0.39 is 0 Å². The van der Waals surface area contributed by atoms with E-state index in [4.69, 9.17) is 0 Å². The smallest absolute Gasteiger partial charge is 0.138 e. The lowest BCUT2D eigenvalue weighted by Gasteiger charge is -2.28. The number of rotatable bonds is 2. The van der Waals surface area contributed by atoms with Gasteiger partial charge in [0, 0.05) is 4.88 Å². The van der Waals surface area contributed by atoms with Gasteiger partial charge in [0.1, 0.15) is 17.0 Å². The number of fused-ring (bicyclic) bond motifs is 1. The molecule has 1 aliphatic rings. The fourth-order valence-corrected chi connectivity index (χ4v) is 3.39. The Kier molecular flexibility index (Phi) is 3.18. The van der Waals surface area contributed by atoms with Gasteiger partial charge in [0.2, 0.25) is 0 Å². The van der Waals surface area contributed by atoms with Crippen molar-refractivity contribution in [3.63, 3.8) is 0 Å². The molecule has 0 spiro atoms. The van der Waals surface area contributed by atoms with Crippen LogP contribution in [0, 0.1) is 6.92 Å². The van der Waals surface area contributed by atoms with Crippen LogP contribution < -0.4 is 5.32 Å². The predicted octanol–water partition coefficient (Wildman–Crippen LogP) is 2.72. The number of anilines is 1. The molecule has 1 saturated carbocycles. The van der Waals surface area contributed by atoms with Crippen LogP contribution in [0.3, 0.4) is 0 Å². The van der Waals surface area contributed by atoms with E-state index in [1.165, 1.54) is 11.3 Å². The molecule has 5 heteroatoms. The molecule has 2 aromatic rings. The molecule has 3 rings (SSSR count). The zero-order valence-corrected chi connectivity index (χ0v) is 11.2. The van der Waals surface area contributed by atoms with Crippen molar-refractivity contribution >= 4 is 27.4 Å². The molecule has 2 N–H and O–H groups in total. The van der Waals surface area contributed by atoms with Crippen LogP contribution in [-0.4, -0.2) is 27.2 Å². The first-order valence-corrected chi connectivity index (χ1v) is 7.21. The third-order valence-electron chi connectivity index (χ3n) is 3.50. The Morgan fingerprint density at radius 3 is 3.00 bits per heavy atom.